The summed E-state index contributed by atoms with van der Waals surface area (Å²) in [7, 11) is -2.45. The minimum absolute atomic E-state index is 0.219. The van der Waals surface area contributed by atoms with Crippen LogP contribution in [0.3, 0.4) is 0 Å². The summed E-state index contributed by atoms with van der Waals surface area (Å²) < 4.78 is 66.6. The van der Waals surface area contributed by atoms with Gasteiger partial charge in [-0.15, -0.1) is 10.2 Å². The van der Waals surface area contributed by atoms with Gasteiger partial charge in [-0.1, -0.05) is 18.2 Å². The number of amides is 1. The average Bonchev–Trinajstić information content (AvgIpc) is 3.11. The van der Waals surface area contributed by atoms with Crippen LogP contribution in [0.15, 0.2) is 59.8 Å². The molecule has 0 aliphatic carbocycles. The number of rotatable bonds is 6. The van der Waals surface area contributed by atoms with Crippen LogP contribution in [0.1, 0.15) is 10.4 Å². The monoisotopic (exact) mass is 439 g/mol. The van der Waals surface area contributed by atoms with Crippen LogP contribution < -0.4 is 10.0 Å². The van der Waals surface area contributed by atoms with Crippen molar-refractivity contribution in [1.82, 2.24) is 20.1 Å². The van der Waals surface area contributed by atoms with Crippen molar-refractivity contribution < 1.29 is 26.4 Å². The number of benzene rings is 2. The van der Waals surface area contributed by atoms with E-state index in [1.807, 2.05) is 0 Å². The van der Waals surface area contributed by atoms with Crippen molar-refractivity contribution in [1.29, 1.82) is 0 Å². The fraction of sp³-hybridized carbons (Fsp3) is 0.167. The molecular formula is C18H16F3N5O3S. The second-order valence-electron chi connectivity index (χ2n) is 6.24. The largest absolute Gasteiger partial charge is 0.405 e. The van der Waals surface area contributed by atoms with E-state index in [9.17, 15) is 26.4 Å². The van der Waals surface area contributed by atoms with Gasteiger partial charge < -0.3 is 9.88 Å². The number of anilines is 1. The Morgan fingerprint density at radius 1 is 1.13 bits per heavy atom. The summed E-state index contributed by atoms with van der Waals surface area (Å²) >= 11 is 0. The number of halogens is 3. The number of nitrogens with one attached hydrogen (secondary N) is 2. The molecule has 0 unspecified atom stereocenters. The second kappa shape index (κ2) is 8.14. The van der Waals surface area contributed by atoms with Crippen LogP contribution >= 0.6 is 0 Å². The van der Waals surface area contributed by atoms with Gasteiger partial charge in [0.05, 0.1) is 10.6 Å². The molecule has 1 aromatic heterocycles. The van der Waals surface area contributed by atoms with Crippen molar-refractivity contribution in [2.45, 2.75) is 11.1 Å². The first-order valence-electron chi connectivity index (χ1n) is 8.48. The Kier molecular flexibility index (Phi) is 5.78. The van der Waals surface area contributed by atoms with Gasteiger partial charge in [0.15, 0.2) is 5.82 Å². The van der Waals surface area contributed by atoms with E-state index in [0.717, 1.165) is 6.07 Å². The molecule has 158 valence electrons. The number of hydrogen-bond donors (Lipinski definition) is 2. The van der Waals surface area contributed by atoms with Crippen molar-refractivity contribution in [3.8, 4) is 11.4 Å². The maximum atomic E-state index is 12.8. The number of sulfonamides is 1. The molecule has 0 spiro atoms. The Balaban J connectivity index is 1.88. The predicted molar refractivity (Wildman–Crippen MR) is 102 cm³/mol. The summed E-state index contributed by atoms with van der Waals surface area (Å²) in [6.45, 7) is -1.52. The zero-order chi connectivity index (χ0) is 21.9. The molecule has 3 rings (SSSR count). The van der Waals surface area contributed by atoms with Gasteiger partial charge in [0.2, 0.25) is 0 Å². The molecule has 0 fully saturated rings. The highest BCUT2D eigenvalue weighted by Gasteiger charge is 2.28. The molecule has 2 aromatic carbocycles. The van der Waals surface area contributed by atoms with Gasteiger partial charge >= 0.3 is 6.18 Å². The van der Waals surface area contributed by atoms with Gasteiger partial charge in [-0.3, -0.25) is 9.52 Å². The molecule has 12 heteroatoms. The number of para-hydroxylation sites is 1. The average molecular weight is 439 g/mol. The van der Waals surface area contributed by atoms with Crippen LogP contribution in [0, 0.1) is 0 Å². The lowest BCUT2D eigenvalue weighted by Crippen LogP contribution is -2.33. The first-order valence-corrected chi connectivity index (χ1v) is 9.96. The van der Waals surface area contributed by atoms with Crippen molar-refractivity contribution in [2.75, 3.05) is 11.3 Å². The minimum Gasteiger partial charge on any atom is -0.343 e. The van der Waals surface area contributed by atoms with E-state index in [0.29, 0.717) is 11.4 Å². The molecule has 0 saturated carbocycles. The summed E-state index contributed by atoms with van der Waals surface area (Å²) in [6.07, 6.45) is -3.12. The number of carbonyl (C=O) groups is 1. The second-order valence-corrected chi connectivity index (χ2v) is 7.92. The summed E-state index contributed by atoms with van der Waals surface area (Å²) in [4.78, 5) is 11.6. The zero-order valence-corrected chi connectivity index (χ0v) is 16.3. The van der Waals surface area contributed by atoms with Gasteiger partial charge in [-0.25, -0.2) is 8.42 Å². The highest BCUT2D eigenvalue weighted by atomic mass is 32.2. The molecular weight excluding hydrogens is 423 g/mol. The van der Waals surface area contributed by atoms with Crippen LogP contribution in [0.25, 0.3) is 11.4 Å². The van der Waals surface area contributed by atoms with E-state index in [1.54, 1.807) is 35.1 Å². The molecule has 8 nitrogen and oxygen atoms in total. The molecule has 3 aromatic rings. The van der Waals surface area contributed by atoms with Crippen LogP contribution in [-0.4, -0.2) is 41.8 Å². The van der Waals surface area contributed by atoms with E-state index >= 15 is 0 Å². The Labute approximate surface area is 169 Å². The first kappa shape index (κ1) is 21.3. The van der Waals surface area contributed by atoms with Crippen LogP contribution in [0.4, 0.5) is 18.9 Å². The Morgan fingerprint density at radius 3 is 2.53 bits per heavy atom. The fourth-order valence-electron chi connectivity index (χ4n) is 2.58. The summed E-state index contributed by atoms with van der Waals surface area (Å²) in [5.74, 6) is -0.613. The molecule has 1 amide bonds. The van der Waals surface area contributed by atoms with Crippen LogP contribution in [0.2, 0.25) is 0 Å². The third kappa shape index (κ3) is 4.95. The molecule has 0 saturated heterocycles. The quantitative estimate of drug-likeness (QED) is 0.614. The molecule has 0 aliphatic rings. The first-order chi connectivity index (χ1) is 14.1. The minimum atomic E-state index is -4.58. The Morgan fingerprint density at radius 2 is 1.87 bits per heavy atom. The van der Waals surface area contributed by atoms with Crippen LogP contribution in [-0.2, 0) is 17.1 Å². The van der Waals surface area contributed by atoms with Gasteiger partial charge in [-0.05, 0) is 30.3 Å². The van der Waals surface area contributed by atoms with E-state index in [-0.39, 0.29) is 16.1 Å². The van der Waals surface area contributed by atoms with Crippen molar-refractivity contribution >= 4 is 21.6 Å². The van der Waals surface area contributed by atoms with Gasteiger partial charge in [0, 0.05) is 18.2 Å². The Hall–Kier alpha value is -3.41. The third-order valence-corrected chi connectivity index (χ3v) is 5.34. The van der Waals surface area contributed by atoms with Gasteiger partial charge in [0.25, 0.3) is 15.9 Å². The number of carbonyl (C=O) groups excluding carboxylic acids is 1. The molecule has 0 aliphatic heterocycles. The lowest BCUT2D eigenvalue weighted by atomic mass is 10.2. The van der Waals surface area contributed by atoms with E-state index in [1.165, 1.54) is 30.6 Å². The number of alkyl halides is 3. The molecule has 2 N–H and O–H groups in total. The SMILES string of the molecule is Cn1cnnc1-c1ccccc1NS(=O)(=O)c1cccc(C(=O)NCC(F)(F)F)c1. The van der Waals surface area contributed by atoms with E-state index in [2.05, 4.69) is 14.9 Å². The number of aryl methyl sites for hydroxylation is 1. The van der Waals surface area contributed by atoms with Crippen molar-refractivity contribution in [3.63, 3.8) is 0 Å². The normalized spacial score (nSPS) is 11.9. The van der Waals surface area contributed by atoms with Crippen molar-refractivity contribution in [3.05, 3.63) is 60.4 Å². The molecule has 0 atom stereocenters. The summed E-state index contributed by atoms with van der Waals surface area (Å²) in [5.41, 5.74) is 0.476. The van der Waals surface area contributed by atoms with Crippen LogP contribution in [0.5, 0.6) is 0 Å². The zero-order valence-electron chi connectivity index (χ0n) is 15.5. The van der Waals surface area contributed by atoms with Gasteiger partial charge in [-0.2, -0.15) is 13.2 Å². The topological polar surface area (TPSA) is 106 Å². The Bertz CT molecular complexity index is 1180. The number of nitrogens with zero attached hydrogens (tertiary/aromatic N) is 3. The molecule has 1 heterocycles. The van der Waals surface area contributed by atoms with Gasteiger partial charge in [0.1, 0.15) is 12.9 Å². The summed E-state index contributed by atoms with van der Waals surface area (Å²) in [6, 6.07) is 11.2. The summed E-state index contributed by atoms with van der Waals surface area (Å²) in [5, 5.41) is 9.44. The number of hydrogen-bond acceptors (Lipinski definition) is 5. The predicted octanol–water partition coefficient (Wildman–Crippen LogP) is 2.58. The highest BCUT2D eigenvalue weighted by Crippen LogP contribution is 2.28. The highest BCUT2D eigenvalue weighted by molar-refractivity contribution is 7.92. The maximum Gasteiger partial charge on any atom is 0.405 e. The third-order valence-electron chi connectivity index (χ3n) is 3.98. The van der Waals surface area contributed by atoms with Crippen molar-refractivity contribution in [2.24, 2.45) is 7.05 Å². The maximum absolute atomic E-state index is 12.8. The standard InChI is InChI=1S/C18H16F3N5O3S/c1-26-11-23-24-16(26)14-7-2-3-8-15(14)25-30(28,29)13-6-4-5-12(9-13)17(27)22-10-18(19,20)21/h2-9,11,25H,10H2,1H3,(H,22,27). The van der Waals surface area contributed by atoms with E-state index in [4.69, 9.17) is 0 Å². The lowest BCUT2D eigenvalue weighted by molar-refractivity contribution is -0.123. The number of aromatic nitrogens is 3. The fourth-order valence-corrected chi connectivity index (χ4v) is 3.71. The van der Waals surface area contributed by atoms with E-state index < -0.39 is 28.7 Å². The molecule has 30 heavy (non-hydrogen) atoms. The molecule has 0 radical (unpaired) electrons. The smallest absolute Gasteiger partial charge is 0.343 e. The lowest BCUT2D eigenvalue weighted by Gasteiger charge is -2.13. The molecule has 0 bridgehead atoms.